The Labute approximate surface area is 467 Å². The Hall–Kier alpha value is -6.69. The zero-order valence-electron chi connectivity index (χ0n) is 46.1. The van der Waals surface area contributed by atoms with Crippen molar-refractivity contribution in [2.24, 2.45) is 21.2 Å². The first kappa shape index (κ1) is 60.9. The van der Waals surface area contributed by atoms with Crippen LogP contribution in [0.5, 0.6) is 0 Å². The number of hydrogen-bond acceptors (Lipinski definition) is 16. The summed E-state index contributed by atoms with van der Waals surface area (Å²) in [6.45, 7) is 18.7. The summed E-state index contributed by atoms with van der Waals surface area (Å²) in [5.74, 6) is -2.04. The fourth-order valence-electron chi connectivity index (χ4n) is 10.1. The number of nitrogens with two attached hydrogens (primary N) is 4. The highest BCUT2D eigenvalue weighted by Crippen LogP contribution is 2.36. The van der Waals surface area contributed by atoms with Crippen molar-refractivity contribution in [1.82, 2.24) is 27.9 Å². The van der Waals surface area contributed by atoms with Gasteiger partial charge in [0, 0.05) is 113 Å². The monoisotopic (exact) mass is 1160 g/mol. The van der Waals surface area contributed by atoms with Gasteiger partial charge in [-0.1, -0.05) is 0 Å². The average molecular weight is 1160 g/mol. The van der Waals surface area contributed by atoms with E-state index in [1.807, 2.05) is 92.6 Å². The average Bonchev–Trinajstić information content (AvgIpc) is 3.98. The summed E-state index contributed by atoms with van der Waals surface area (Å²) < 4.78 is 79.0. The number of nitrogens with zero attached hydrogens (tertiary/aromatic N) is 9. The van der Waals surface area contributed by atoms with Crippen LogP contribution in [0.1, 0.15) is 90.6 Å². The van der Waals surface area contributed by atoms with Crippen LogP contribution >= 0.6 is 0 Å². The van der Waals surface area contributed by atoms with Crippen molar-refractivity contribution >= 4 is 98.2 Å². The molecular formula is C53H71N13O11S3. The molecule has 27 heteroatoms. The Morgan fingerprint density at radius 3 is 1.09 bits per heavy atom. The maximum absolute atomic E-state index is 12.6. The minimum Gasteiger partial charge on any atom is -0.478 e. The summed E-state index contributed by atoms with van der Waals surface area (Å²) in [5.41, 5.74) is 17.3. The molecule has 0 bridgehead atoms. The van der Waals surface area contributed by atoms with Crippen molar-refractivity contribution in [3.63, 3.8) is 0 Å². The number of ether oxygens (including phenoxy) is 1. The second-order valence-electron chi connectivity index (χ2n) is 20.2. The molecule has 3 saturated heterocycles. The van der Waals surface area contributed by atoms with Gasteiger partial charge in [0.1, 0.15) is 11.1 Å². The minimum absolute atomic E-state index is 0.116. The van der Waals surface area contributed by atoms with Gasteiger partial charge in [0.2, 0.25) is 0 Å². The first-order valence-corrected chi connectivity index (χ1v) is 30.6. The Kier molecular flexibility index (Phi) is 19.0. The van der Waals surface area contributed by atoms with E-state index in [4.69, 9.17) is 25.9 Å². The molecule has 0 radical (unpaired) electrons. The lowest BCUT2D eigenvalue weighted by Gasteiger charge is -2.26. The van der Waals surface area contributed by atoms with Crippen LogP contribution in [0.15, 0.2) is 55.0 Å². The van der Waals surface area contributed by atoms with Gasteiger partial charge in [-0.05, 0) is 138 Å². The number of hydrogen-bond donors (Lipinski definition) is 5. The van der Waals surface area contributed by atoms with Gasteiger partial charge in [-0.3, -0.25) is 19.7 Å². The molecule has 3 aromatic heterocycles. The van der Waals surface area contributed by atoms with Gasteiger partial charge >= 0.3 is 11.9 Å². The fraction of sp³-hybridized carbons (Fsp3) is 0.434. The van der Waals surface area contributed by atoms with Crippen LogP contribution in [0.25, 0.3) is 32.7 Å². The number of anilines is 3. The Morgan fingerprint density at radius 1 is 0.475 bits per heavy atom. The molecule has 80 heavy (non-hydrogen) atoms. The van der Waals surface area contributed by atoms with E-state index in [0.29, 0.717) is 101 Å². The first-order chi connectivity index (χ1) is 37.6. The number of esters is 1. The van der Waals surface area contributed by atoms with Gasteiger partial charge in [-0.15, -0.1) is 0 Å². The van der Waals surface area contributed by atoms with Gasteiger partial charge in [0.15, 0.2) is 0 Å². The quantitative estimate of drug-likeness (QED) is 0.122. The number of fused-ring (bicyclic) bond motifs is 3. The number of aryl methyl sites for hydroxylation is 6. The summed E-state index contributed by atoms with van der Waals surface area (Å²) in [4.78, 5) is 55.5. The van der Waals surface area contributed by atoms with Crippen molar-refractivity contribution in [3.05, 3.63) is 105 Å². The highest BCUT2D eigenvalue weighted by molar-refractivity contribution is 7.87. The van der Waals surface area contributed by atoms with Crippen molar-refractivity contribution in [2.75, 3.05) is 99.8 Å². The van der Waals surface area contributed by atoms with Gasteiger partial charge < -0.3 is 30.3 Å². The van der Waals surface area contributed by atoms with Gasteiger partial charge in [-0.2, -0.15) is 38.2 Å². The first-order valence-electron chi connectivity index (χ1n) is 26.1. The molecule has 24 nitrogen and oxygen atoms in total. The van der Waals surface area contributed by atoms with E-state index in [0.717, 1.165) is 71.8 Å². The summed E-state index contributed by atoms with van der Waals surface area (Å²) >= 11 is 0. The maximum Gasteiger partial charge on any atom is 0.341 e. The van der Waals surface area contributed by atoms with Crippen molar-refractivity contribution in [2.45, 2.75) is 67.7 Å². The largest absolute Gasteiger partial charge is 0.478 e. The lowest BCUT2D eigenvalue weighted by molar-refractivity contribution is 0.0526. The van der Waals surface area contributed by atoms with Crippen LogP contribution in [0.2, 0.25) is 0 Å². The molecule has 0 spiro atoms. The molecule has 3 aromatic carbocycles. The molecule has 432 valence electrons. The zero-order valence-corrected chi connectivity index (χ0v) is 48.5. The van der Waals surface area contributed by atoms with Crippen LogP contribution < -0.4 is 35.9 Å². The number of aromatic carboxylic acids is 1. The number of carbonyl (C=O) groups is 3. The maximum atomic E-state index is 12.6. The number of amides is 1. The van der Waals surface area contributed by atoms with E-state index < -0.39 is 48.5 Å². The summed E-state index contributed by atoms with van der Waals surface area (Å²) in [7, 11) is -11.2. The molecule has 9 rings (SSSR count). The van der Waals surface area contributed by atoms with E-state index in [1.165, 1.54) is 25.3 Å². The Morgan fingerprint density at radius 2 is 0.775 bits per heavy atom. The molecular weight excluding hydrogens is 1090 g/mol. The third kappa shape index (κ3) is 14.1. The highest BCUT2D eigenvalue weighted by Gasteiger charge is 2.30. The Balaban J connectivity index is 0.000000174. The molecule has 6 aromatic rings. The normalized spacial score (nSPS) is 16.5. The molecule has 0 aliphatic carbocycles. The lowest BCUT2D eigenvalue weighted by Crippen LogP contribution is -2.39. The smallest absolute Gasteiger partial charge is 0.341 e. The summed E-state index contributed by atoms with van der Waals surface area (Å²) in [6, 6.07) is 11.9. The molecule has 9 N–H and O–H groups in total. The van der Waals surface area contributed by atoms with E-state index in [-0.39, 0.29) is 31.8 Å². The number of carboxylic acid groups (broad SMARTS) is 1. The minimum atomic E-state index is -3.76. The molecule has 1 amide bonds. The van der Waals surface area contributed by atoms with Crippen LogP contribution in [-0.4, -0.2) is 161 Å². The van der Waals surface area contributed by atoms with Crippen molar-refractivity contribution in [1.29, 1.82) is 0 Å². The van der Waals surface area contributed by atoms with Crippen molar-refractivity contribution in [3.8, 4) is 0 Å². The zero-order chi connectivity index (χ0) is 58.6. The molecule has 0 saturated carbocycles. The van der Waals surface area contributed by atoms with E-state index in [1.54, 1.807) is 13.1 Å². The van der Waals surface area contributed by atoms with E-state index in [2.05, 4.69) is 15.0 Å². The number of aromatic nitrogens is 3. The lowest BCUT2D eigenvalue weighted by atomic mass is 10.0. The summed E-state index contributed by atoms with van der Waals surface area (Å²) in [6.07, 6.45) is 6.18. The topological polar surface area (TPSA) is 345 Å². The van der Waals surface area contributed by atoms with Gasteiger partial charge in [0.25, 0.3) is 36.5 Å². The molecule has 3 fully saturated rings. The third-order valence-electron chi connectivity index (χ3n) is 14.7. The molecule has 3 aliphatic rings. The molecule has 3 aliphatic heterocycles. The number of carboxylic acids is 1. The van der Waals surface area contributed by atoms with Crippen LogP contribution in [-0.2, 0) is 35.4 Å². The SMILES string of the molecule is CCOC(=O)c1cnc2cc(C)c(C)cc2c1N1CCCN(S(N)(=O)=O)CC1.Cc1cc2ncc(C(=O)O)c(N3CCCN(S(N)(=O)=O)CC3)c2cc1C.Cc1cc2ncc(C(N)=O)c(N3CCCN(S(N)(=O)=O)CC3)c2cc1C. The molecule has 0 atom stereocenters. The molecule has 6 heterocycles. The second-order valence-corrected chi connectivity index (χ2v) is 24.8. The number of rotatable bonds is 10. The Bertz CT molecular complexity index is 3560. The highest BCUT2D eigenvalue weighted by atomic mass is 32.2. The van der Waals surface area contributed by atoms with E-state index >= 15 is 0 Å². The third-order valence-corrected chi connectivity index (χ3v) is 18.0. The fourth-order valence-corrected chi connectivity index (χ4v) is 12.3. The van der Waals surface area contributed by atoms with E-state index in [9.17, 15) is 44.7 Å². The number of primary amides is 1. The second kappa shape index (κ2) is 25.0. The number of pyridine rings is 3. The number of carbonyl (C=O) groups excluding carboxylic acids is 2. The predicted octanol–water partition coefficient (Wildman–Crippen LogP) is 3.68. The summed E-state index contributed by atoms with van der Waals surface area (Å²) in [5, 5.41) is 27.9. The standard InChI is InChI=1S/C19H26N4O4S.C17H23N5O3S.C17H22N4O4S/c1-4-27-19(24)16-12-21-17-11-14(3)13(2)10-15(17)18(16)22-6-5-7-23(9-8-22)28(20,25)26;1-11-8-13-15(9-12(11)2)20-10-14(17(18)23)16(13)21-4-3-5-22(7-6-21)26(19,24)25;1-11-8-13-15(9-12(11)2)19-10-14(17(22)23)16(13)20-4-3-5-21(7-6-20)26(18,24)25/h10-12H,4-9H2,1-3H3,(H2,20,25,26);8-10H,3-7H2,1-2H3,(H2,18,23)(H2,19,24,25);8-10H,3-7H2,1-2H3,(H,22,23)(H2,18,24,25). The van der Waals surface area contributed by atoms with Crippen LogP contribution in [0.3, 0.4) is 0 Å². The van der Waals surface area contributed by atoms with Gasteiger partial charge in [-0.25, -0.2) is 25.0 Å². The van der Waals surface area contributed by atoms with Crippen LogP contribution in [0, 0.1) is 41.5 Å². The number of benzene rings is 3. The predicted molar refractivity (Wildman–Crippen MR) is 310 cm³/mol. The van der Waals surface area contributed by atoms with Crippen molar-refractivity contribution < 1.29 is 49.5 Å². The molecule has 0 unspecified atom stereocenters. The van der Waals surface area contributed by atoms with Gasteiger partial charge in [0.05, 0.1) is 45.8 Å². The van der Waals surface area contributed by atoms with Crippen LogP contribution in [0.4, 0.5) is 17.1 Å².